The van der Waals surface area contributed by atoms with Crippen molar-refractivity contribution in [3.05, 3.63) is 48.3 Å². The highest BCUT2D eigenvalue weighted by Gasteiger charge is 1.99. The molecule has 0 N–H and O–H groups in total. The minimum atomic E-state index is 0.329. The smallest absolute Gasteiger partial charge is 0.321 e. The van der Waals surface area contributed by atoms with Gasteiger partial charge < -0.3 is 4.74 Å². The second-order valence-corrected chi connectivity index (χ2v) is 3.19. The lowest BCUT2D eigenvalue weighted by Gasteiger charge is -2.02. The number of para-hydroxylation sites is 1. The molecule has 1 aromatic heterocycles. The number of rotatable bonds is 3. The zero-order chi connectivity index (χ0) is 10.5. The van der Waals surface area contributed by atoms with Crippen LogP contribution < -0.4 is 4.74 Å². The van der Waals surface area contributed by atoms with Crippen molar-refractivity contribution in [2.24, 2.45) is 0 Å². The zero-order valence-electron chi connectivity index (χ0n) is 7.93. The standard InChI is InChI=1S/C11H9ClN2O/c12-6-9-7-13-11(14-8-9)15-10-4-2-1-3-5-10/h1-5,7-8H,6H2. The predicted molar refractivity (Wildman–Crippen MR) is 58.1 cm³/mol. The molecule has 1 heterocycles. The summed E-state index contributed by atoms with van der Waals surface area (Å²) in [5.41, 5.74) is 0.872. The maximum absolute atomic E-state index is 5.62. The molecule has 0 atom stereocenters. The molecule has 2 aromatic rings. The predicted octanol–water partition coefficient (Wildman–Crippen LogP) is 3.01. The summed E-state index contributed by atoms with van der Waals surface area (Å²) in [6.07, 6.45) is 3.30. The van der Waals surface area contributed by atoms with Crippen LogP contribution in [0.15, 0.2) is 42.7 Å². The number of alkyl halides is 1. The fourth-order valence-corrected chi connectivity index (χ4v) is 1.20. The van der Waals surface area contributed by atoms with Crippen molar-refractivity contribution in [2.75, 3.05) is 0 Å². The highest BCUT2D eigenvalue weighted by Crippen LogP contribution is 2.16. The summed E-state index contributed by atoms with van der Waals surface area (Å²) in [5.74, 6) is 1.13. The van der Waals surface area contributed by atoms with Gasteiger partial charge in [0.05, 0.1) is 5.88 Å². The largest absolute Gasteiger partial charge is 0.424 e. The Morgan fingerprint density at radius 3 is 2.33 bits per heavy atom. The van der Waals surface area contributed by atoms with Gasteiger partial charge in [0.25, 0.3) is 0 Å². The van der Waals surface area contributed by atoms with Crippen LogP contribution in [0.4, 0.5) is 0 Å². The average Bonchev–Trinajstić information content (AvgIpc) is 2.31. The Kier molecular flexibility index (Phi) is 3.15. The van der Waals surface area contributed by atoms with Gasteiger partial charge in [-0.25, -0.2) is 9.97 Å². The van der Waals surface area contributed by atoms with Gasteiger partial charge in [-0.2, -0.15) is 0 Å². The summed E-state index contributed by atoms with van der Waals surface area (Å²) in [6, 6.07) is 9.72. The Bertz CT molecular complexity index is 416. The molecule has 4 heteroatoms. The van der Waals surface area contributed by atoms with Crippen LogP contribution in [-0.4, -0.2) is 9.97 Å². The van der Waals surface area contributed by atoms with E-state index in [1.165, 1.54) is 0 Å². The minimum Gasteiger partial charge on any atom is -0.424 e. The van der Waals surface area contributed by atoms with E-state index in [9.17, 15) is 0 Å². The second-order valence-electron chi connectivity index (χ2n) is 2.92. The molecule has 0 radical (unpaired) electrons. The summed E-state index contributed by atoms with van der Waals surface area (Å²) < 4.78 is 5.41. The van der Waals surface area contributed by atoms with E-state index < -0.39 is 0 Å². The van der Waals surface area contributed by atoms with Gasteiger partial charge in [0, 0.05) is 18.0 Å². The van der Waals surface area contributed by atoms with E-state index in [1.807, 2.05) is 30.3 Å². The van der Waals surface area contributed by atoms with Crippen molar-refractivity contribution in [2.45, 2.75) is 5.88 Å². The third-order valence-electron chi connectivity index (χ3n) is 1.79. The van der Waals surface area contributed by atoms with Crippen molar-refractivity contribution >= 4 is 11.6 Å². The average molecular weight is 221 g/mol. The quantitative estimate of drug-likeness (QED) is 0.746. The summed E-state index contributed by atoms with van der Waals surface area (Å²) >= 11 is 5.62. The van der Waals surface area contributed by atoms with Crippen molar-refractivity contribution in [1.82, 2.24) is 9.97 Å². The van der Waals surface area contributed by atoms with Gasteiger partial charge in [0.15, 0.2) is 0 Å². The second kappa shape index (κ2) is 4.75. The molecule has 0 fully saturated rings. The maximum atomic E-state index is 5.62. The van der Waals surface area contributed by atoms with Crippen LogP contribution in [0.2, 0.25) is 0 Å². The fraction of sp³-hybridized carbons (Fsp3) is 0.0909. The van der Waals surface area contributed by atoms with Crippen molar-refractivity contribution < 1.29 is 4.74 Å². The van der Waals surface area contributed by atoms with E-state index in [1.54, 1.807) is 12.4 Å². The molecule has 2 rings (SSSR count). The Labute approximate surface area is 92.7 Å². The van der Waals surface area contributed by atoms with E-state index in [0.29, 0.717) is 11.9 Å². The van der Waals surface area contributed by atoms with Gasteiger partial charge in [-0.1, -0.05) is 18.2 Å². The maximum Gasteiger partial charge on any atom is 0.321 e. The number of hydrogen-bond donors (Lipinski definition) is 0. The van der Waals surface area contributed by atoms with Crippen LogP contribution in [-0.2, 0) is 5.88 Å². The molecule has 0 aliphatic heterocycles. The molecule has 0 unspecified atom stereocenters. The van der Waals surface area contributed by atoms with Crippen LogP contribution >= 0.6 is 11.6 Å². The Hall–Kier alpha value is -1.61. The van der Waals surface area contributed by atoms with E-state index in [0.717, 1.165) is 11.3 Å². The highest BCUT2D eigenvalue weighted by atomic mass is 35.5. The van der Waals surface area contributed by atoms with Gasteiger partial charge in [0.1, 0.15) is 5.75 Å². The van der Waals surface area contributed by atoms with E-state index in [-0.39, 0.29) is 0 Å². The van der Waals surface area contributed by atoms with Crippen LogP contribution in [0.5, 0.6) is 11.8 Å². The number of halogens is 1. The van der Waals surface area contributed by atoms with E-state index in [4.69, 9.17) is 16.3 Å². The van der Waals surface area contributed by atoms with Crippen LogP contribution in [0, 0.1) is 0 Å². The Morgan fingerprint density at radius 1 is 1.07 bits per heavy atom. The molecule has 0 spiro atoms. The first kappa shape index (κ1) is 9.93. The first-order valence-corrected chi connectivity index (χ1v) is 5.02. The third kappa shape index (κ3) is 2.67. The highest BCUT2D eigenvalue weighted by molar-refractivity contribution is 6.17. The number of nitrogens with zero attached hydrogens (tertiary/aromatic N) is 2. The normalized spacial score (nSPS) is 9.93. The summed E-state index contributed by atoms with van der Waals surface area (Å²) in [4.78, 5) is 8.05. The first-order valence-electron chi connectivity index (χ1n) is 4.48. The van der Waals surface area contributed by atoms with Gasteiger partial charge in [-0.3, -0.25) is 0 Å². The molecular formula is C11H9ClN2O. The Balaban J connectivity index is 2.11. The molecule has 0 saturated heterocycles. The third-order valence-corrected chi connectivity index (χ3v) is 2.10. The number of ether oxygens (including phenoxy) is 1. The van der Waals surface area contributed by atoms with Gasteiger partial charge in [-0.15, -0.1) is 11.6 Å². The summed E-state index contributed by atoms with van der Waals surface area (Å²) in [5, 5.41) is 0. The minimum absolute atomic E-state index is 0.329. The molecule has 1 aromatic carbocycles. The Morgan fingerprint density at radius 2 is 1.73 bits per heavy atom. The first-order chi connectivity index (χ1) is 7.38. The van der Waals surface area contributed by atoms with Crippen LogP contribution in [0.1, 0.15) is 5.56 Å². The molecule has 15 heavy (non-hydrogen) atoms. The number of hydrogen-bond acceptors (Lipinski definition) is 3. The monoisotopic (exact) mass is 220 g/mol. The van der Waals surface area contributed by atoms with Crippen molar-refractivity contribution in [1.29, 1.82) is 0 Å². The lowest BCUT2D eigenvalue weighted by molar-refractivity contribution is 0.441. The van der Waals surface area contributed by atoms with E-state index in [2.05, 4.69) is 9.97 Å². The van der Waals surface area contributed by atoms with Gasteiger partial charge in [0.2, 0.25) is 0 Å². The van der Waals surface area contributed by atoms with Crippen LogP contribution in [0.25, 0.3) is 0 Å². The topological polar surface area (TPSA) is 35.0 Å². The molecule has 0 aliphatic carbocycles. The molecular weight excluding hydrogens is 212 g/mol. The molecule has 0 bridgehead atoms. The van der Waals surface area contributed by atoms with Gasteiger partial charge in [-0.05, 0) is 12.1 Å². The van der Waals surface area contributed by atoms with Crippen molar-refractivity contribution in [3.63, 3.8) is 0 Å². The summed E-state index contributed by atoms with van der Waals surface area (Å²) in [6.45, 7) is 0. The molecule has 0 amide bonds. The number of aromatic nitrogens is 2. The number of benzene rings is 1. The fourth-order valence-electron chi connectivity index (χ4n) is 1.06. The lowest BCUT2D eigenvalue weighted by Crippen LogP contribution is -1.92. The lowest BCUT2D eigenvalue weighted by atomic mass is 10.3. The molecule has 3 nitrogen and oxygen atoms in total. The van der Waals surface area contributed by atoms with Gasteiger partial charge >= 0.3 is 6.01 Å². The molecule has 0 aliphatic rings. The van der Waals surface area contributed by atoms with Crippen LogP contribution in [0.3, 0.4) is 0 Å². The SMILES string of the molecule is ClCc1cnc(Oc2ccccc2)nc1. The van der Waals surface area contributed by atoms with Crippen molar-refractivity contribution in [3.8, 4) is 11.8 Å². The molecule has 76 valence electrons. The molecule has 0 saturated carbocycles. The summed E-state index contributed by atoms with van der Waals surface area (Å²) in [7, 11) is 0. The zero-order valence-corrected chi connectivity index (χ0v) is 8.69. The van der Waals surface area contributed by atoms with E-state index >= 15 is 0 Å².